The molecule has 0 radical (unpaired) electrons. The van der Waals surface area contributed by atoms with Gasteiger partial charge in [-0.2, -0.15) is 5.10 Å². The molecule has 0 spiro atoms. The van der Waals surface area contributed by atoms with E-state index in [1.165, 1.54) is 0 Å². The number of halogens is 1. The predicted octanol–water partition coefficient (Wildman–Crippen LogP) is 6.66. The molecule has 4 rings (SSSR count). The second-order valence-corrected chi connectivity index (χ2v) is 9.24. The molecule has 0 aliphatic carbocycles. The van der Waals surface area contributed by atoms with Gasteiger partial charge < -0.3 is 14.8 Å². The highest BCUT2D eigenvalue weighted by atomic mass is 35.5. The largest absolute Gasteiger partial charge is 0.497 e. The molecule has 0 bridgehead atoms. The van der Waals surface area contributed by atoms with Crippen LogP contribution in [0.3, 0.4) is 0 Å². The summed E-state index contributed by atoms with van der Waals surface area (Å²) in [6, 6.07) is 19.1. The van der Waals surface area contributed by atoms with Crippen molar-refractivity contribution in [1.29, 1.82) is 0 Å². The highest BCUT2D eigenvalue weighted by Crippen LogP contribution is 2.27. The second-order valence-electron chi connectivity index (χ2n) is 8.87. The molecule has 36 heavy (non-hydrogen) atoms. The maximum absolute atomic E-state index is 13.0. The fourth-order valence-electron chi connectivity index (χ4n) is 4.07. The van der Waals surface area contributed by atoms with Crippen LogP contribution in [0.15, 0.2) is 60.7 Å². The summed E-state index contributed by atoms with van der Waals surface area (Å²) in [6.45, 7) is 8.75. The van der Waals surface area contributed by atoms with Crippen LogP contribution in [-0.4, -0.2) is 22.8 Å². The van der Waals surface area contributed by atoms with Gasteiger partial charge in [-0.25, -0.2) is 0 Å². The van der Waals surface area contributed by atoms with E-state index in [4.69, 9.17) is 21.1 Å². The van der Waals surface area contributed by atoms with Crippen molar-refractivity contribution in [2.45, 2.75) is 40.8 Å². The van der Waals surface area contributed by atoms with Crippen LogP contribution in [0.5, 0.6) is 11.5 Å². The second kappa shape index (κ2) is 10.9. The van der Waals surface area contributed by atoms with Crippen molar-refractivity contribution in [2.75, 3.05) is 12.4 Å². The summed E-state index contributed by atoms with van der Waals surface area (Å²) in [6.07, 6.45) is 0. The number of nitrogens with zero attached hydrogens (tertiary/aromatic N) is 2. The topological polar surface area (TPSA) is 65.4 Å². The van der Waals surface area contributed by atoms with E-state index in [-0.39, 0.29) is 5.91 Å². The summed E-state index contributed by atoms with van der Waals surface area (Å²) < 4.78 is 13.1. The maximum atomic E-state index is 13.0. The Morgan fingerprint density at radius 1 is 0.944 bits per heavy atom. The molecule has 0 saturated heterocycles. The molecule has 0 fully saturated rings. The maximum Gasteiger partial charge on any atom is 0.255 e. The van der Waals surface area contributed by atoms with Crippen LogP contribution in [0.2, 0.25) is 5.02 Å². The lowest BCUT2D eigenvalue weighted by Crippen LogP contribution is -2.13. The lowest BCUT2D eigenvalue weighted by atomic mass is 10.1. The first-order valence-electron chi connectivity index (χ1n) is 11.7. The number of amides is 1. The molecule has 0 aliphatic heterocycles. The summed E-state index contributed by atoms with van der Waals surface area (Å²) in [4.78, 5) is 13.0. The number of carbonyl (C=O) groups excluding carboxylic acids is 1. The molecule has 1 amide bonds. The molecule has 1 heterocycles. The normalized spacial score (nSPS) is 10.8. The molecule has 0 unspecified atom stereocenters. The Labute approximate surface area is 216 Å². The molecule has 186 valence electrons. The zero-order valence-electron chi connectivity index (χ0n) is 21.2. The Kier molecular flexibility index (Phi) is 7.65. The molecule has 0 saturated carbocycles. The number of hydrogen-bond donors (Lipinski definition) is 1. The molecule has 3 aromatic carbocycles. The number of aromatic nitrogens is 2. The smallest absolute Gasteiger partial charge is 0.255 e. The Morgan fingerprint density at radius 3 is 2.31 bits per heavy atom. The lowest BCUT2D eigenvalue weighted by Gasteiger charge is -2.11. The number of ether oxygens (including phenoxy) is 2. The van der Waals surface area contributed by atoms with Gasteiger partial charge in [-0.3, -0.25) is 9.48 Å². The lowest BCUT2D eigenvalue weighted by molar-refractivity contribution is 0.102. The summed E-state index contributed by atoms with van der Waals surface area (Å²) in [5.74, 6) is 1.39. The van der Waals surface area contributed by atoms with Crippen LogP contribution in [-0.2, 0) is 13.2 Å². The van der Waals surface area contributed by atoms with E-state index in [9.17, 15) is 4.79 Å². The number of rotatable bonds is 8. The van der Waals surface area contributed by atoms with Gasteiger partial charge in [-0.1, -0.05) is 35.9 Å². The van der Waals surface area contributed by atoms with Gasteiger partial charge >= 0.3 is 0 Å². The van der Waals surface area contributed by atoms with Crippen molar-refractivity contribution in [2.24, 2.45) is 0 Å². The minimum absolute atomic E-state index is 0.182. The van der Waals surface area contributed by atoms with Gasteiger partial charge in [0.1, 0.15) is 18.1 Å². The van der Waals surface area contributed by atoms with Crippen LogP contribution in [0.4, 0.5) is 5.69 Å². The average molecular weight is 504 g/mol. The first-order valence-corrected chi connectivity index (χ1v) is 12.1. The highest BCUT2D eigenvalue weighted by Gasteiger charge is 2.16. The monoisotopic (exact) mass is 503 g/mol. The summed E-state index contributed by atoms with van der Waals surface area (Å²) in [7, 11) is 1.65. The Balaban J connectivity index is 1.41. The van der Waals surface area contributed by atoms with Gasteiger partial charge in [0.05, 0.1) is 30.7 Å². The zero-order chi connectivity index (χ0) is 25.8. The predicted molar refractivity (Wildman–Crippen MR) is 143 cm³/mol. The van der Waals surface area contributed by atoms with E-state index in [1.54, 1.807) is 19.2 Å². The van der Waals surface area contributed by atoms with Gasteiger partial charge in [0.2, 0.25) is 0 Å². The fourth-order valence-corrected chi connectivity index (χ4v) is 4.18. The first-order chi connectivity index (χ1) is 17.2. The van der Waals surface area contributed by atoms with E-state index in [1.807, 2.05) is 80.9 Å². The third-order valence-electron chi connectivity index (χ3n) is 6.12. The van der Waals surface area contributed by atoms with Gasteiger partial charge in [-0.05, 0) is 86.3 Å². The van der Waals surface area contributed by atoms with E-state index in [0.29, 0.717) is 18.7 Å². The Morgan fingerprint density at radius 2 is 1.64 bits per heavy atom. The molecule has 7 heteroatoms. The minimum atomic E-state index is -0.182. The Hall–Kier alpha value is -3.77. The number of hydrogen-bond acceptors (Lipinski definition) is 4. The van der Waals surface area contributed by atoms with E-state index < -0.39 is 0 Å². The van der Waals surface area contributed by atoms with Crippen LogP contribution in [0.25, 0.3) is 0 Å². The third-order valence-corrected chi connectivity index (χ3v) is 6.71. The molecule has 0 aliphatic rings. The minimum Gasteiger partial charge on any atom is -0.497 e. The van der Waals surface area contributed by atoms with E-state index in [0.717, 1.165) is 55.9 Å². The highest BCUT2D eigenvalue weighted by molar-refractivity contribution is 6.32. The average Bonchev–Trinajstić information content (AvgIpc) is 3.13. The van der Waals surface area contributed by atoms with E-state index in [2.05, 4.69) is 10.4 Å². The summed E-state index contributed by atoms with van der Waals surface area (Å²) in [5, 5.41) is 8.42. The fraction of sp³-hybridized carbons (Fsp3) is 0.241. The van der Waals surface area contributed by atoms with Crippen molar-refractivity contribution >= 4 is 23.2 Å². The van der Waals surface area contributed by atoms with Crippen molar-refractivity contribution in [1.82, 2.24) is 9.78 Å². The third kappa shape index (κ3) is 5.71. The SMILES string of the molecule is COc1cccc(Cn2nc(C)c(NC(=O)c3ccc(COc4cc(C)c(Cl)c(C)c4)cc3)c2C)c1. The van der Waals surface area contributed by atoms with Crippen molar-refractivity contribution in [3.8, 4) is 11.5 Å². The number of carbonyl (C=O) groups is 1. The van der Waals surface area contributed by atoms with Crippen molar-refractivity contribution < 1.29 is 14.3 Å². The standard InChI is InChI=1S/C29H30ClN3O3/c1-18-13-26(14-19(2)27(18)30)36-17-22-9-11-24(12-10-22)29(34)31-28-20(3)32-33(21(28)4)16-23-7-6-8-25(15-23)35-5/h6-15H,16-17H2,1-5H3,(H,31,34). The number of benzene rings is 3. The molecule has 1 N–H and O–H groups in total. The number of methoxy groups -OCH3 is 1. The van der Waals surface area contributed by atoms with Gasteiger partial charge in [0.15, 0.2) is 0 Å². The van der Waals surface area contributed by atoms with Crippen LogP contribution in [0, 0.1) is 27.7 Å². The van der Waals surface area contributed by atoms with Gasteiger partial charge in [-0.15, -0.1) is 0 Å². The number of nitrogens with one attached hydrogen (secondary N) is 1. The molecule has 6 nitrogen and oxygen atoms in total. The Bertz CT molecular complexity index is 1370. The molecule has 4 aromatic rings. The van der Waals surface area contributed by atoms with Gasteiger partial charge in [0.25, 0.3) is 5.91 Å². The molecular formula is C29H30ClN3O3. The molecule has 0 atom stereocenters. The molecule has 1 aromatic heterocycles. The van der Waals surface area contributed by atoms with Crippen molar-refractivity contribution in [3.63, 3.8) is 0 Å². The van der Waals surface area contributed by atoms with Gasteiger partial charge in [0, 0.05) is 10.6 Å². The van der Waals surface area contributed by atoms with Crippen LogP contribution >= 0.6 is 11.6 Å². The number of anilines is 1. The van der Waals surface area contributed by atoms with Crippen LogP contribution in [0.1, 0.15) is 44.0 Å². The quantitative estimate of drug-likeness (QED) is 0.292. The van der Waals surface area contributed by atoms with Crippen molar-refractivity contribution in [3.05, 3.63) is 105 Å². The molecular weight excluding hydrogens is 474 g/mol. The summed E-state index contributed by atoms with van der Waals surface area (Å²) in [5.41, 5.74) is 6.95. The van der Waals surface area contributed by atoms with Crippen LogP contribution < -0.4 is 14.8 Å². The zero-order valence-corrected chi connectivity index (χ0v) is 21.9. The first kappa shape index (κ1) is 25.3. The summed E-state index contributed by atoms with van der Waals surface area (Å²) >= 11 is 6.24. The van der Waals surface area contributed by atoms with E-state index >= 15 is 0 Å². The number of aryl methyl sites for hydroxylation is 3.